The number of hydrogen-bond donors (Lipinski definition) is 0. The van der Waals surface area contributed by atoms with E-state index in [2.05, 4.69) is 0 Å². The van der Waals surface area contributed by atoms with Crippen molar-refractivity contribution in [3.63, 3.8) is 0 Å². The standard InChI is InChI=1S/C11H10ClFO5S/c1-6-2-9(13)8(3-10(6)19(12,15)16)11(14)18-7-4-17-5-7/h2-3,7H,4-5H2,1H3. The van der Waals surface area contributed by atoms with Crippen LogP contribution in [0.1, 0.15) is 15.9 Å². The molecule has 0 radical (unpaired) electrons. The average molecular weight is 309 g/mol. The molecule has 0 amide bonds. The fourth-order valence-electron chi connectivity index (χ4n) is 1.57. The van der Waals surface area contributed by atoms with Crippen LogP contribution in [0.3, 0.4) is 0 Å². The Kier molecular flexibility index (Phi) is 3.80. The van der Waals surface area contributed by atoms with Crippen molar-refractivity contribution in [2.45, 2.75) is 17.9 Å². The molecule has 8 heteroatoms. The van der Waals surface area contributed by atoms with Gasteiger partial charge in [0.05, 0.1) is 23.7 Å². The van der Waals surface area contributed by atoms with Crippen LogP contribution < -0.4 is 0 Å². The monoisotopic (exact) mass is 308 g/mol. The number of aryl methyl sites for hydroxylation is 1. The second kappa shape index (κ2) is 5.07. The van der Waals surface area contributed by atoms with Crippen molar-refractivity contribution in [2.24, 2.45) is 0 Å². The van der Waals surface area contributed by atoms with Crippen LogP contribution in [0.25, 0.3) is 0 Å². The third kappa shape index (κ3) is 3.05. The predicted octanol–water partition coefficient (Wildman–Crippen LogP) is 1.62. The van der Waals surface area contributed by atoms with Crippen molar-refractivity contribution in [3.8, 4) is 0 Å². The highest BCUT2D eigenvalue weighted by Gasteiger charge is 2.27. The van der Waals surface area contributed by atoms with Crippen LogP contribution >= 0.6 is 10.7 Å². The molecule has 0 atom stereocenters. The van der Waals surface area contributed by atoms with E-state index in [4.69, 9.17) is 20.2 Å². The lowest BCUT2D eigenvalue weighted by Crippen LogP contribution is -2.38. The molecule has 5 nitrogen and oxygen atoms in total. The summed E-state index contributed by atoms with van der Waals surface area (Å²) in [6.07, 6.45) is -0.427. The lowest BCUT2D eigenvalue weighted by molar-refractivity contribution is -0.103. The Balaban J connectivity index is 2.36. The molecule has 0 unspecified atom stereocenters. The Hall–Kier alpha value is -1.18. The SMILES string of the molecule is Cc1cc(F)c(C(=O)OC2COC2)cc1S(=O)(=O)Cl. The Morgan fingerprint density at radius 1 is 1.47 bits per heavy atom. The number of ether oxygens (including phenoxy) is 2. The highest BCUT2D eigenvalue weighted by Crippen LogP contribution is 2.24. The van der Waals surface area contributed by atoms with Gasteiger partial charge < -0.3 is 9.47 Å². The normalized spacial score (nSPS) is 15.9. The van der Waals surface area contributed by atoms with Crippen LogP contribution in [-0.4, -0.2) is 33.7 Å². The first-order chi connectivity index (χ1) is 8.79. The Labute approximate surface area is 113 Å². The van der Waals surface area contributed by atoms with E-state index in [0.717, 1.165) is 12.1 Å². The van der Waals surface area contributed by atoms with Crippen LogP contribution in [0.2, 0.25) is 0 Å². The molecule has 0 N–H and O–H groups in total. The van der Waals surface area contributed by atoms with Gasteiger partial charge in [-0.05, 0) is 24.6 Å². The van der Waals surface area contributed by atoms with Crippen molar-refractivity contribution in [1.29, 1.82) is 0 Å². The molecule has 1 aliphatic rings. The van der Waals surface area contributed by atoms with E-state index < -0.39 is 32.5 Å². The molecule has 1 fully saturated rings. The topological polar surface area (TPSA) is 69.7 Å². The number of halogens is 2. The minimum Gasteiger partial charge on any atom is -0.454 e. The summed E-state index contributed by atoms with van der Waals surface area (Å²) in [5.74, 6) is -1.79. The molecule has 1 saturated heterocycles. The molecule has 0 bridgehead atoms. The lowest BCUT2D eigenvalue weighted by atomic mass is 10.1. The van der Waals surface area contributed by atoms with Gasteiger partial charge in [0.15, 0.2) is 0 Å². The fraction of sp³-hybridized carbons (Fsp3) is 0.364. The van der Waals surface area contributed by atoms with Gasteiger partial charge in [0, 0.05) is 10.7 Å². The van der Waals surface area contributed by atoms with Crippen LogP contribution in [0.5, 0.6) is 0 Å². The summed E-state index contributed by atoms with van der Waals surface area (Å²) in [4.78, 5) is 11.4. The van der Waals surface area contributed by atoms with Gasteiger partial charge in [0.1, 0.15) is 11.9 Å². The molecule has 104 valence electrons. The molecule has 0 saturated carbocycles. The smallest absolute Gasteiger partial charge is 0.341 e. The molecule has 0 aromatic heterocycles. The van der Waals surface area contributed by atoms with Crippen LogP contribution in [-0.2, 0) is 18.5 Å². The van der Waals surface area contributed by atoms with Crippen molar-refractivity contribution in [2.75, 3.05) is 13.2 Å². The van der Waals surface area contributed by atoms with E-state index in [1.54, 1.807) is 0 Å². The van der Waals surface area contributed by atoms with Gasteiger partial charge in [-0.25, -0.2) is 17.6 Å². The van der Waals surface area contributed by atoms with Gasteiger partial charge in [-0.15, -0.1) is 0 Å². The molecular formula is C11H10ClFO5S. The predicted molar refractivity (Wildman–Crippen MR) is 64.2 cm³/mol. The summed E-state index contributed by atoms with van der Waals surface area (Å²) in [6.45, 7) is 1.88. The van der Waals surface area contributed by atoms with Crippen LogP contribution in [0.4, 0.5) is 4.39 Å². The molecule has 19 heavy (non-hydrogen) atoms. The minimum atomic E-state index is -4.05. The zero-order valence-corrected chi connectivity index (χ0v) is 11.4. The molecule has 0 spiro atoms. The van der Waals surface area contributed by atoms with Gasteiger partial charge >= 0.3 is 5.97 Å². The quantitative estimate of drug-likeness (QED) is 0.627. The molecule has 1 aromatic carbocycles. The van der Waals surface area contributed by atoms with Crippen LogP contribution in [0, 0.1) is 12.7 Å². The van der Waals surface area contributed by atoms with Gasteiger partial charge in [-0.1, -0.05) is 0 Å². The zero-order valence-electron chi connectivity index (χ0n) is 9.85. The van der Waals surface area contributed by atoms with Gasteiger partial charge in [0.2, 0.25) is 0 Å². The van der Waals surface area contributed by atoms with E-state index in [9.17, 15) is 17.6 Å². The largest absolute Gasteiger partial charge is 0.454 e. The number of rotatable bonds is 3. The Morgan fingerprint density at radius 2 is 2.11 bits per heavy atom. The summed E-state index contributed by atoms with van der Waals surface area (Å²) in [7, 11) is 1.16. The maximum Gasteiger partial charge on any atom is 0.341 e. The van der Waals surface area contributed by atoms with Gasteiger partial charge in [0.25, 0.3) is 9.05 Å². The molecule has 0 aliphatic carbocycles. The average Bonchev–Trinajstić information content (AvgIpc) is 2.21. The Bertz CT molecular complexity index is 624. The molecule has 1 heterocycles. The number of carbonyl (C=O) groups excluding carboxylic acids is 1. The van der Waals surface area contributed by atoms with E-state index >= 15 is 0 Å². The summed E-state index contributed by atoms with van der Waals surface area (Å²) in [5, 5.41) is 0. The third-order valence-corrected chi connectivity index (χ3v) is 4.09. The van der Waals surface area contributed by atoms with Crippen LogP contribution in [0.15, 0.2) is 17.0 Å². The maximum absolute atomic E-state index is 13.7. The number of esters is 1. The van der Waals surface area contributed by atoms with E-state index in [0.29, 0.717) is 0 Å². The first-order valence-electron chi connectivity index (χ1n) is 5.32. The number of carbonyl (C=O) groups is 1. The van der Waals surface area contributed by atoms with E-state index in [1.165, 1.54) is 6.92 Å². The fourth-order valence-corrected chi connectivity index (χ4v) is 2.77. The molecule has 2 rings (SSSR count). The lowest BCUT2D eigenvalue weighted by Gasteiger charge is -2.25. The minimum absolute atomic E-state index is 0.121. The summed E-state index contributed by atoms with van der Waals surface area (Å²) in [6, 6.07) is 1.82. The van der Waals surface area contributed by atoms with Crippen molar-refractivity contribution in [1.82, 2.24) is 0 Å². The van der Waals surface area contributed by atoms with E-state index in [-0.39, 0.29) is 23.7 Å². The summed E-state index contributed by atoms with van der Waals surface area (Å²) in [5.41, 5.74) is -0.340. The molecular weight excluding hydrogens is 299 g/mol. The van der Waals surface area contributed by atoms with Crippen molar-refractivity contribution >= 4 is 25.7 Å². The third-order valence-electron chi connectivity index (χ3n) is 2.63. The van der Waals surface area contributed by atoms with E-state index in [1.807, 2.05) is 0 Å². The molecule has 1 aromatic rings. The second-order valence-electron chi connectivity index (χ2n) is 4.10. The van der Waals surface area contributed by atoms with Gasteiger partial charge in [-0.2, -0.15) is 0 Å². The van der Waals surface area contributed by atoms with Crippen molar-refractivity contribution in [3.05, 3.63) is 29.1 Å². The first-order valence-corrected chi connectivity index (χ1v) is 7.63. The summed E-state index contributed by atoms with van der Waals surface area (Å²) >= 11 is 0. The summed E-state index contributed by atoms with van der Waals surface area (Å²) < 4.78 is 46.0. The highest BCUT2D eigenvalue weighted by atomic mass is 35.7. The van der Waals surface area contributed by atoms with Crippen molar-refractivity contribution < 1.29 is 27.1 Å². The van der Waals surface area contributed by atoms with Gasteiger partial charge in [-0.3, -0.25) is 0 Å². The first kappa shape index (κ1) is 14.2. The highest BCUT2D eigenvalue weighted by molar-refractivity contribution is 8.13. The number of benzene rings is 1. The zero-order chi connectivity index (χ0) is 14.2. The Morgan fingerprint density at radius 3 is 2.58 bits per heavy atom. The second-order valence-corrected chi connectivity index (χ2v) is 6.63. The maximum atomic E-state index is 13.7. The number of hydrogen-bond acceptors (Lipinski definition) is 5. The molecule has 1 aliphatic heterocycles.